The first-order valence-electron chi connectivity index (χ1n) is 9.20. The molecule has 134 valence electrons. The molecule has 1 amide bonds. The van der Waals surface area contributed by atoms with Crippen LogP contribution in [-0.2, 0) is 16.1 Å². The van der Waals surface area contributed by atoms with E-state index in [1.807, 2.05) is 21.7 Å². The van der Waals surface area contributed by atoms with Gasteiger partial charge in [-0.3, -0.25) is 9.69 Å². The molecule has 0 aliphatic carbocycles. The number of likely N-dealkylation sites (tertiary alicyclic amines) is 2. The Morgan fingerprint density at radius 2 is 2.04 bits per heavy atom. The largest absolute Gasteiger partial charge is 0.383 e. The van der Waals surface area contributed by atoms with Gasteiger partial charge >= 0.3 is 0 Å². The van der Waals surface area contributed by atoms with Crippen LogP contribution in [0.3, 0.4) is 0 Å². The minimum Gasteiger partial charge on any atom is -0.383 e. The van der Waals surface area contributed by atoms with Crippen molar-refractivity contribution < 1.29 is 9.53 Å². The van der Waals surface area contributed by atoms with Crippen molar-refractivity contribution in [3.05, 3.63) is 36.2 Å². The van der Waals surface area contributed by atoms with Crippen LogP contribution in [0.1, 0.15) is 31.4 Å². The Morgan fingerprint density at radius 1 is 1.20 bits per heavy atom. The average molecular weight is 342 g/mol. The number of hydrogen-bond acceptors (Lipinski definition) is 4. The molecule has 0 N–H and O–H groups in total. The lowest BCUT2D eigenvalue weighted by atomic mass is 9.85. The van der Waals surface area contributed by atoms with E-state index < -0.39 is 0 Å². The van der Waals surface area contributed by atoms with Crippen LogP contribution < -0.4 is 0 Å². The van der Waals surface area contributed by atoms with Gasteiger partial charge in [0.2, 0.25) is 5.91 Å². The Kier molecular flexibility index (Phi) is 4.48. The zero-order valence-corrected chi connectivity index (χ0v) is 14.9. The van der Waals surface area contributed by atoms with Crippen molar-refractivity contribution in [3.63, 3.8) is 0 Å². The molecule has 6 heteroatoms. The molecule has 4 rings (SSSR count). The predicted octanol–water partition coefficient (Wildman–Crippen LogP) is 1.94. The lowest BCUT2D eigenvalue weighted by Crippen LogP contribution is -2.60. The van der Waals surface area contributed by atoms with Crippen molar-refractivity contribution in [2.45, 2.75) is 37.8 Å². The Balaban J connectivity index is 1.59. The zero-order valence-electron chi connectivity index (χ0n) is 14.9. The van der Waals surface area contributed by atoms with E-state index >= 15 is 0 Å². The molecule has 2 aliphatic heterocycles. The van der Waals surface area contributed by atoms with Crippen molar-refractivity contribution in [2.24, 2.45) is 0 Å². The number of nitrogens with zero attached hydrogens (tertiary/aromatic N) is 4. The molecule has 2 aliphatic rings. The Bertz CT molecular complexity index is 759. The summed E-state index contributed by atoms with van der Waals surface area (Å²) in [5.41, 5.74) is 1.91. The minimum atomic E-state index is -0.332. The molecule has 6 nitrogen and oxygen atoms in total. The molecule has 1 unspecified atom stereocenters. The maximum atomic E-state index is 13.3. The predicted molar refractivity (Wildman–Crippen MR) is 95.3 cm³/mol. The maximum absolute atomic E-state index is 13.3. The summed E-state index contributed by atoms with van der Waals surface area (Å²) in [6.07, 6.45) is 5.91. The molecule has 2 aromatic heterocycles. The first-order valence-corrected chi connectivity index (χ1v) is 9.20. The normalized spacial score (nSPS) is 24.7. The molecule has 0 radical (unpaired) electrons. The number of fused-ring (bicyclic) bond motifs is 1. The van der Waals surface area contributed by atoms with Crippen LogP contribution in [-0.4, -0.2) is 64.2 Å². The molecule has 0 aromatic carbocycles. The summed E-state index contributed by atoms with van der Waals surface area (Å²) in [7, 11) is 1.69. The number of piperidine rings is 1. The van der Waals surface area contributed by atoms with Crippen LogP contribution in [0.2, 0.25) is 0 Å². The lowest BCUT2D eigenvalue weighted by molar-refractivity contribution is -0.148. The van der Waals surface area contributed by atoms with E-state index in [0.29, 0.717) is 19.1 Å². The van der Waals surface area contributed by atoms with Gasteiger partial charge in [-0.15, -0.1) is 0 Å². The molecule has 25 heavy (non-hydrogen) atoms. The molecular formula is C19H26N4O2. The first kappa shape index (κ1) is 16.5. The van der Waals surface area contributed by atoms with Gasteiger partial charge in [-0.25, -0.2) is 4.52 Å². The second kappa shape index (κ2) is 6.77. The number of carbonyl (C=O) groups excluding carboxylic acids is 1. The van der Waals surface area contributed by atoms with E-state index in [-0.39, 0.29) is 5.54 Å². The van der Waals surface area contributed by atoms with Crippen molar-refractivity contribution in [3.8, 4) is 0 Å². The highest BCUT2D eigenvalue weighted by Gasteiger charge is 2.50. The summed E-state index contributed by atoms with van der Waals surface area (Å²) in [6, 6.07) is 8.26. The van der Waals surface area contributed by atoms with Gasteiger partial charge < -0.3 is 9.64 Å². The monoisotopic (exact) mass is 342 g/mol. The summed E-state index contributed by atoms with van der Waals surface area (Å²) >= 11 is 0. The summed E-state index contributed by atoms with van der Waals surface area (Å²) in [4.78, 5) is 17.7. The van der Waals surface area contributed by atoms with Gasteiger partial charge in [0.15, 0.2) is 0 Å². The number of ether oxygens (including phenoxy) is 1. The third-order valence-electron chi connectivity index (χ3n) is 5.75. The fourth-order valence-corrected chi connectivity index (χ4v) is 4.49. The molecule has 2 saturated heterocycles. The number of methoxy groups -OCH3 is 1. The smallest absolute Gasteiger partial charge is 0.243 e. The molecule has 0 saturated carbocycles. The molecule has 1 spiro atoms. The van der Waals surface area contributed by atoms with Crippen LogP contribution in [0.5, 0.6) is 0 Å². The average Bonchev–Trinajstić information content (AvgIpc) is 3.25. The number of carbonyl (C=O) groups is 1. The minimum absolute atomic E-state index is 0.293. The van der Waals surface area contributed by atoms with Crippen molar-refractivity contribution in [2.75, 3.05) is 33.4 Å². The second-order valence-electron chi connectivity index (χ2n) is 7.13. The maximum Gasteiger partial charge on any atom is 0.243 e. The zero-order chi connectivity index (χ0) is 17.3. The molecule has 4 heterocycles. The highest BCUT2D eigenvalue weighted by Crippen LogP contribution is 2.39. The van der Waals surface area contributed by atoms with E-state index in [1.165, 1.54) is 0 Å². The fraction of sp³-hybridized carbons (Fsp3) is 0.579. The summed E-state index contributed by atoms with van der Waals surface area (Å²) < 4.78 is 7.17. The van der Waals surface area contributed by atoms with Crippen LogP contribution in [0, 0.1) is 0 Å². The van der Waals surface area contributed by atoms with Crippen LogP contribution >= 0.6 is 0 Å². The van der Waals surface area contributed by atoms with Crippen molar-refractivity contribution in [1.29, 1.82) is 0 Å². The first-order chi connectivity index (χ1) is 12.2. The van der Waals surface area contributed by atoms with Crippen LogP contribution in [0.4, 0.5) is 0 Å². The molecule has 2 fully saturated rings. The van der Waals surface area contributed by atoms with Crippen LogP contribution in [0.25, 0.3) is 5.52 Å². The van der Waals surface area contributed by atoms with E-state index in [9.17, 15) is 4.79 Å². The van der Waals surface area contributed by atoms with Gasteiger partial charge in [-0.2, -0.15) is 5.10 Å². The molecule has 0 bridgehead atoms. The highest BCUT2D eigenvalue weighted by molar-refractivity contribution is 5.87. The van der Waals surface area contributed by atoms with Crippen LogP contribution in [0.15, 0.2) is 30.5 Å². The third-order valence-corrected chi connectivity index (χ3v) is 5.75. The Labute approximate surface area is 148 Å². The van der Waals surface area contributed by atoms with Gasteiger partial charge in [-0.05, 0) is 50.4 Å². The number of hydrogen-bond donors (Lipinski definition) is 0. The summed E-state index contributed by atoms with van der Waals surface area (Å²) in [6.45, 7) is 3.89. The standard InChI is InChI=1S/C19H26N4O2/c1-25-14-13-21-11-3-8-19(18(21)24)9-4-12-22(19)15-17-6-2-5-16-7-10-20-23(16)17/h2,5-7,10H,3-4,8-9,11-15H2,1H3. The highest BCUT2D eigenvalue weighted by atomic mass is 16.5. The van der Waals surface area contributed by atoms with Crippen molar-refractivity contribution in [1.82, 2.24) is 19.4 Å². The van der Waals surface area contributed by atoms with Gasteiger partial charge in [0.1, 0.15) is 5.54 Å². The topological polar surface area (TPSA) is 50.1 Å². The van der Waals surface area contributed by atoms with Gasteiger partial charge in [0.25, 0.3) is 0 Å². The van der Waals surface area contributed by atoms with E-state index in [1.54, 1.807) is 7.11 Å². The fourth-order valence-electron chi connectivity index (χ4n) is 4.49. The number of rotatable bonds is 5. The summed E-state index contributed by atoms with van der Waals surface area (Å²) in [5.74, 6) is 0.293. The van der Waals surface area contributed by atoms with Gasteiger partial charge in [0.05, 0.1) is 17.8 Å². The van der Waals surface area contributed by atoms with E-state index in [2.05, 4.69) is 28.2 Å². The number of pyridine rings is 1. The van der Waals surface area contributed by atoms with Gasteiger partial charge in [-0.1, -0.05) is 6.07 Å². The molecular weight excluding hydrogens is 316 g/mol. The number of aromatic nitrogens is 2. The Morgan fingerprint density at radius 3 is 2.88 bits per heavy atom. The lowest BCUT2D eigenvalue weighted by Gasteiger charge is -2.44. The van der Waals surface area contributed by atoms with E-state index in [0.717, 1.165) is 56.5 Å². The molecule has 1 atom stereocenters. The SMILES string of the molecule is COCCN1CCCC2(CCCN2Cc2cccc3ccnn23)C1=O. The van der Waals surface area contributed by atoms with Gasteiger partial charge in [0, 0.05) is 32.9 Å². The molecule has 2 aromatic rings. The third kappa shape index (κ3) is 2.83. The Hall–Kier alpha value is -1.92. The van der Waals surface area contributed by atoms with E-state index in [4.69, 9.17) is 4.74 Å². The van der Waals surface area contributed by atoms with Crippen molar-refractivity contribution >= 4 is 11.4 Å². The second-order valence-corrected chi connectivity index (χ2v) is 7.13. The quantitative estimate of drug-likeness (QED) is 0.833. The summed E-state index contributed by atoms with van der Waals surface area (Å²) in [5, 5.41) is 4.45. The number of amides is 1.